The van der Waals surface area contributed by atoms with Crippen molar-refractivity contribution in [1.82, 2.24) is 0 Å². The van der Waals surface area contributed by atoms with Crippen molar-refractivity contribution in [3.8, 4) is 5.75 Å². The van der Waals surface area contributed by atoms with Crippen molar-refractivity contribution in [2.75, 3.05) is 0 Å². The van der Waals surface area contributed by atoms with Crippen molar-refractivity contribution in [1.29, 1.82) is 0 Å². The third-order valence-corrected chi connectivity index (χ3v) is 4.21. The lowest BCUT2D eigenvalue weighted by molar-refractivity contribution is -0.386. The number of para-hydroxylation sites is 2. The van der Waals surface area contributed by atoms with Crippen LogP contribution in [0.2, 0.25) is 0 Å². The van der Waals surface area contributed by atoms with E-state index in [0.717, 1.165) is 0 Å². The van der Waals surface area contributed by atoms with Gasteiger partial charge in [0.25, 0.3) is 0 Å². The second kappa shape index (κ2) is 6.00. The van der Waals surface area contributed by atoms with Gasteiger partial charge in [0.2, 0.25) is 5.75 Å². The number of fused-ring (bicyclic) bond motifs is 1. The number of rotatable bonds is 4. The summed E-state index contributed by atoms with van der Waals surface area (Å²) in [5.74, 6) is -2.10. The van der Waals surface area contributed by atoms with E-state index >= 15 is 0 Å². The van der Waals surface area contributed by atoms with Gasteiger partial charge in [0.05, 0.1) is 16.1 Å². The SMILES string of the molecule is O=C1OC(Oc2ccccc2[N+](=O)[O-])(c2ccccc2)c2ccccc21. The van der Waals surface area contributed by atoms with E-state index in [1.165, 1.54) is 12.1 Å². The van der Waals surface area contributed by atoms with Crippen LogP contribution in [0, 0.1) is 10.1 Å². The van der Waals surface area contributed by atoms with Gasteiger partial charge >= 0.3 is 17.4 Å². The average Bonchev–Trinajstić information content (AvgIpc) is 2.96. The highest BCUT2D eigenvalue weighted by Crippen LogP contribution is 2.45. The number of hydrogen-bond donors (Lipinski definition) is 0. The van der Waals surface area contributed by atoms with Gasteiger partial charge in [0.15, 0.2) is 0 Å². The molecule has 3 aromatic rings. The molecule has 0 fully saturated rings. The normalized spacial score (nSPS) is 18.1. The minimum Gasteiger partial charge on any atom is -0.437 e. The van der Waals surface area contributed by atoms with E-state index in [0.29, 0.717) is 16.7 Å². The molecule has 1 aliphatic rings. The summed E-state index contributed by atoms with van der Waals surface area (Å²) >= 11 is 0. The maximum atomic E-state index is 12.4. The van der Waals surface area contributed by atoms with Gasteiger partial charge in [-0.1, -0.05) is 54.6 Å². The van der Waals surface area contributed by atoms with Gasteiger partial charge < -0.3 is 9.47 Å². The summed E-state index contributed by atoms with van der Waals surface area (Å²) in [7, 11) is 0. The van der Waals surface area contributed by atoms with E-state index in [1.54, 1.807) is 60.7 Å². The molecule has 128 valence electrons. The Morgan fingerprint density at radius 3 is 2.31 bits per heavy atom. The molecule has 0 aromatic heterocycles. The number of carbonyl (C=O) groups is 1. The predicted octanol–water partition coefficient (Wildman–Crippen LogP) is 4.05. The van der Waals surface area contributed by atoms with E-state index in [1.807, 2.05) is 6.07 Å². The molecule has 4 rings (SSSR count). The predicted molar refractivity (Wildman–Crippen MR) is 92.8 cm³/mol. The molecule has 6 heteroatoms. The fourth-order valence-corrected chi connectivity index (χ4v) is 3.04. The van der Waals surface area contributed by atoms with Crippen molar-refractivity contribution in [2.24, 2.45) is 0 Å². The van der Waals surface area contributed by atoms with Crippen LogP contribution in [-0.2, 0) is 10.5 Å². The van der Waals surface area contributed by atoms with E-state index in [-0.39, 0.29) is 11.4 Å². The lowest BCUT2D eigenvalue weighted by Crippen LogP contribution is -2.35. The van der Waals surface area contributed by atoms with Crippen LogP contribution in [-0.4, -0.2) is 10.9 Å². The van der Waals surface area contributed by atoms with Crippen molar-refractivity contribution in [2.45, 2.75) is 5.79 Å². The second-order valence-electron chi connectivity index (χ2n) is 5.74. The first kappa shape index (κ1) is 15.8. The Balaban J connectivity index is 1.93. The summed E-state index contributed by atoms with van der Waals surface area (Å²) in [6.45, 7) is 0. The average molecular weight is 347 g/mol. The number of nitro benzene ring substituents is 1. The Hall–Kier alpha value is -3.67. The number of carbonyl (C=O) groups excluding carboxylic acids is 1. The molecule has 0 amide bonds. The van der Waals surface area contributed by atoms with Crippen molar-refractivity contribution >= 4 is 11.7 Å². The third kappa shape index (κ3) is 2.39. The fraction of sp³-hybridized carbons (Fsp3) is 0.0500. The molecule has 0 bridgehead atoms. The topological polar surface area (TPSA) is 78.7 Å². The number of nitro groups is 1. The van der Waals surface area contributed by atoms with Crippen LogP contribution in [0.3, 0.4) is 0 Å². The number of esters is 1. The first-order valence-electron chi connectivity index (χ1n) is 7.92. The second-order valence-corrected chi connectivity index (χ2v) is 5.74. The summed E-state index contributed by atoms with van der Waals surface area (Å²) in [6.07, 6.45) is 0. The van der Waals surface area contributed by atoms with Crippen molar-refractivity contribution < 1.29 is 19.2 Å². The molecular weight excluding hydrogens is 334 g/mol. The van der Waals surface area contributed by atoms with Gasteiger partial charge in [-0.2, -0.15) is 0 Å². The van der Waals surface area contributed by atoms with Crippen LogP contribution in [0.1, 0.15) is 21.5 Å². The number of nitrogens with zero attached hydrogens (tertiary/aromatic N) is 1. The van der Waals surface area contributed by atoms with E-state index in [4.69, 9.17) is 9.47 Å². The molecule has 0 spiro atoms. The van der Waals surface area contributed by atoms with Crippen molar-refractivity contribution in [3.05, 3.63) is 106 Å². The Kier molecular flexibility index (Phi) is 3.65. The van der Waals surface area contributed by atoms with Crippen LogP contribution in [0.25, 0.3) is 0 Å². The van der Waals surface area contributed by atoms with Gasteiger partial charge in [-0.05, 0) is 18.2 Å². The first-order valence-corrected chi connectivity index (χ1v) is 7.92. The van der Waals surface area contributed by atoms with E-state index < -0.39 is 16.7 Å². The van der Waals surface area contributed by atoms with Crippen LogP contribution < -0.4 is 4.74 Å². The quantitative estimate of drug-likeness (QED) is 0.404. The Bertz CT molecular complexity index is 1000. The van der Waals surface area contributed by atoms with Crippen LogP contribution in [0.5, 0.6) is 5.75 Å². The lowest BCUT2D eigenvalue weighted by atomic mass is 9.95. The molecule has 3 aromatic carbocycles. The first-order chi connectivity index (χ1) is 12.6. The number of ether oxygens (including phenoxy) is 2. The standard InChI is InChI=1S/C20H13NO5/c22-19-15-10-4-5-11-16(15)20(26-19,14-8-2-1-3-9-14)25-18-13-7-6-12-17(18)21(23)24/h1-13H. The molecule has 0 radical (unpaired) electrons. The molecule has 0 aliphatic carbocycles. The molecule has 0 N–H and O–H groups in total. The van der Waals surface area contributed by atoms with Crippen molar-refractivity contribution in [3.63, 3.8) is 0 Å². The Morgan fingerprint density at radius 1 is 0.885 bits per heavy atom. The molecular formula is C20H13NO5. The highest BCUT2D eigenvalue weighted by Gasteiger charge is 2.50. The molecule has 0 saturated carbocycles. The zero-order valence-corrected chi connectivity index (χ0v) is 13.5. The third-order valence-electron chi connectivity index (χ3n) is 4.21. The molecule has 1 heterocycles. The number of hydrogen-bond acceptors (Lipinski definition) is 5. The maximum absolute atomic E-state index is 12.4. The van der Waals surface area contributed by atoms with Crippen LogP contribution in [0.4, 0.5) is 5.69 Å². The highest BCUT2D eigenvalue weighted by atomic mass is 16.7. The van der Waals surface area contributed by atoms with Gasteiger partial charge in [0, 0.05) is 11.6 Å². The molecule has 6 nitrogen and oxygen atoms in total. The monoisotopic (exact) mass is 347 g/mol. The molecule has 1 unspecified atom stereocenters. The summed E-state index contributed by atoms with van der Waals surface area (Å²) in [4.78, 5) is 23.3. The largest absolute Gasteiger partial charge is 0.437 e. The number of cyclic esters (lactones) is 1. The zero-order valence-electron chi connectivity index (χ0n) is 13.5. The lowest BCUT2D eigenvalue weighted by Gasteiger charge is -2.29. The number of benzene rings is 3. The maximum Gasteiger partial charge on any atom is 0.342 e. The van der Waals surface area contributed by atoms with E-state index in [2.05, 4.69) is 0 Å². The van der Waals surface area contributed by atoms with Crippen LogP contribution in [0.15, 0.2) is 78.9 Å². The Labute approximate surface area is 148 Å². The summed E-state index contributed by atoms with van der Waals surface area (Å²) in [5.41, 5.74) is 1.24. The molecule has 26 heavy (non-hydrogen) atoms. The van der Waals surface area contributed by atoms with Gasteiger partial charge in [-0.3, -0.25) is 10.1 Å². The fourth-order valence-electron chi connectivity index (χ4n) is 3.04. The molecule has 0 saturated heterocycles. The smallest absolute Gasteiger partial charge is 0.342 e. The van der Waals surface area contributed by atoms with Gasteiger partial charge in [0.1, 0.15) is 0 Å². The van der Waals surface area contributed by atoms with Crippen LogP contribution >= 0.6 is 0 Å². The molecule has 1 aliphatic heterocycles. The molecule has 1 atom stereocenters. The van der Waals surface area contributed by atoms with Gasteiger partial charge in [-0.25, -0.2) is 4.79 Å². The summed E-state index contributed by atoms with van der Waals surface area (Å²) < 4.78 is 11.7. The summed E-state index contributed by atoms with van der Waals surface area (Å²) in [5, 5.41) is 11.4. The van der Waals surface area contributed by atoms with Gasteiger partial charge in [-0.15, -0.1) is 0 Å². The minimum absolute atomic E-state index is 0.0193. The van der Waals surface area contributed by atoms with E-state index in [9.17, 15) is 14.9 Å². The minimum atomic E-state index is -1.58. The zero-order chi connectivity index (χ0) is 18.1. The Morgan fingerprint density at radius 2 is 1.54 bits per heavy atom. The highest BCUT2D eigenvalue weighted by molar-refractivity contribution is 5.95. The summed E-state index contributed by atoms with van der Waals surface area (Å²) in [6, 6.07) is 21.8.